The number of benzene rings is 2. The third kappa shape index (κ3) is 11.8. The lowest BCUT2D eigenvalue weighted by atomic mass is 9.91. The van der Waals surface area contributed by atoms with Gasteiger partial charge in [-0.2, -0.15) is 0 Å². The number of halogens is 2. The number of likely N-dealkylation sites (tertiary alicyclic amines) is 2. The summed E-state index contributed by atoms with van der Waals surface area (Å²) in [5, 5.41) is 36.3. The van der Waals surface area contributed by atoms with Crippen molar-refractivity contribution < 1.29 is 47.3 Å². The molecule has 6 aromatic rings. The molecule has 19 nitrogen and oxygen atoms in total. The van der Waals surface area contributed by atoms with Crippen LogP contribution in [0.4, 0.5) is 26.0 Å². The number of pyridine rings is 1. The van der Waals surface area contributed by atoms with Gasteiger partial charge in [0.05, 0.1) is 45.8 Å². The summed E-state index contributed by atoms with van der Waals surface area (Å²) in [7, 11) is 0. The van der Waals surface area contributed by atoms with Gasteiger partial charge >= 0.3 is 0 Å². The molecule has 4 aliphatic heterocycles. The smallest absolute Gasteiger partial charge is 0.262 e. The molecular formula is C57H67F2N11O8S. The molecule has 1 aliphatic carbocycles. The number of carbonyl (C=O) groups is 2. The second-order valence-electron chi connectivity index (χ2n) is 21.8. The number of phenolic OH excluding ortho intramolecular Hbond substituents is 1. The minimum absolute atomic E-state index is 0.0320. The number of para-hydroxylation sites is 1. The number of nitrogens with one attached hydrogen (secondary N) is 1. The molecule has 2 unspecified atom stereocenters. The van der Waals surface area contributed by atoms with Gasteiger partial charge in [0.2, 0.25) is 17.7 Å². The maximum Gasteiger partial charge on any atom is 0.262 e. The molecule has 6 atom stereocenters. The first-order chi connectivity index (χ1) is 38.2. The maximum atomic E-state index is 14.5. The number of ether oxygens (including phenoxy) is 3. The predicted octanol–water partition coefficient (Wildman–Crippen LogP) is 7.40. The number of alkyl halides is 2. The van der Waals surface area contributed by atoms with Crippen LogP contribution in [0.2, 0.25) is 0 Å². The SMILES string of the molecule is Cc1ncsc1-c1ccc([C@@H](NC(=O)[C@@H]2C[C@@H](O)CN2C(=O)[C@H](c2cc(OCCN3CCC(O[C@H]4C[C@H](Oc5cc(N6C7CCC6CN(c6cc(-c8ccccc8O)nnc6N)C7)ccn5)C4)CC3)no2)C(C)C)C(F)F)cc1. The molecule has 418 valence electrons. The lowest BCUT2D eigenvalue weighted by Gasteiger charge is -2.43. The van der Waals surface area contributed by atoms with Crippen molar-refractivity contribution >= 4 is 40.3 Å². The number of nitrogen functional groups attached to an aromatic ring is 1. The molecule has 4 saturated heterocycles. The first-order valence-corrected chi connectivity index (χ1v) is 28.2. The van der Waals surface area contributed by atoms with E-state index in [2.05, 4.69) is 57.5 Å². The van der Waals surface area contributed by atoms with Crippen LogP contribution >= 0.6 is 11.3 Å². The number of hydrogen-bond acceptors (Lipinski definition) is 18. The van der Waals surface area contributed by atoms with E-state index in [4.69, 9.17) is 24.5 Å². The summed E-state index contributed by atoms with van der Waals surface area (Å²) in [5.74, 6) is -0.830. The van der Waals surface area contributed by atoms with E-state index in [1.807, 2.05) is 45.2 Å². The fourth-order valence-corrected chi connectivity index (χ4v) is 12.8. The summed E-state index contributed by atoms with van der Waals surface area (Å²) in [6, 6.07) is 19.0. The highest BCUT2D eigenvalue weighted by molar-refractivity contribution is 7.13. The van der Waals surface area contributed by atoms with Crippen molar-refractivity contribution in [2.75, 3.05) is 61.4 Å². The number of aryl methyl sites for hydroxylation is 1. The number of aliphatic hydroxyl groups excluding tert-OH is 1. The topological polar surface area (TPSA) is 231 Å². The van der Waals surface area contributed by atoms with Crippen molar-refractivity contribution in [1.82, 2.24) is 40.4 Å². The van der Waals surface area contributed by atoms with E-state index in [-0.39, 0.29) is 72.2 Å². The van der Waals surface area contributed by atoms with E-state index < -0.39 is 42.3 Å². The van der Waals surface area contributed by atoms with E-state index in [9.17, 15) is 28.6 Å². The maximum absolute atomic E-state index is 14.5. The van der Waals surface area contributed by atoms with Crippen LogP contribution < -0.4 is 30.3 Å². The fourth-order valence-electron chi connectivity index (χ4n) is 12.0. The predicted molar refractivity (Wildman–Crippen MR) is 292 cm³/mol. The molecule has 5 fully saturated rings. The Bertz CT molecular complexity index is 3070. The fraction of sp³-hybridized carbons (Fsp3) is 0.491. The Balaban J connectivity index is 0.608. The first kappa shape index (κ1) is 54.0. The zero-order valence-electron chi connectivity index (χ0n) is 44.4. The Morgan fingerprint density at radius 3 is 2.37 bits per heavy atom. The Kier molecular flexibility index (Phi) is 16.0. The van der Waals surface area contributed by atoms with E-state index in [1.54, 1.807) is 48.0 Å². The highest BCUT2D eigenvalue weighted by Gasteiger charge is 2.45. The highest BCUT2D eigenvalue weighted by atomic mass is 32.1. The third-order valence-electron chi connectivity index (χ3n) is 16.2. The molecule has 5 N–H and O–H groups in total. The molecule has 22 heteroatoms. The number of thiazole rings is 1. The van der Waals surface area contributed by atoms with E-state index in [0.29, 0.717) is 36.1 Å². The lowest BCUT2D eigenvalue weighted by Crippen LogP contribution is -2.54. The van der Waals surface area contributed by atoms with Gasteiger partial charge in [0.25, 0.3) is 12.3 Å². The van der Waals surface area contributed by atoms with Crippen molar-refractivity contribution in [3.63, 3.8) is 0 Å². The molecule has 2 bridgehead atoms. The van der Waals surface area contributed by atoms with Crippen molar-refractivity contribution in [2.24, 2.45) is 5.92 Å². The molecule has 2 aromatic carbocycles. The molecule has 0 spiro atoms. The third-order valence-corrected chi connectivity index (χ3v) is 17.2. The number of piperazine rings is 1. The summed E-state index contributed by atoms with van der Waals surface area (Å²) in [6.07, 6.45) is 3.60. The van der Waals surface area contributed by atoms with Crippen molar-refractivity contribution in [3.05, 3.63) is 102 Å². The first-order valence-electron chi connectivity index (χ1n) is 27.3. The molecular weight excluding hydrogens is 1040 g/mol. The number of piperidine rings is 1. The van der Waals surface area contributed by atoms with Gasteiger partial charge in [0.1, 0.15) is 36.5 Å². The Morgan fingerprint density at radius 1 is 0.899 bits per heavy atom. The van der Waals surface area contributed by atoms with Crippen LogP contribution in [0.5, 0.6) is 17.5 Å². The minimum Gasteiger partial charge on any atom is -0.507 e. The number of nitrogens with two attached hydrogens (primary N) is 1. The number of fused-ring (bicyclic) bond motifs is 2. The van der Waals surface area contributed by atoms with Crippen molar-refractivity contribution in [2.45, 2.75) is 127 Å². The number of aromatic nitrogens is 5. The molecule has 1 saturated carbocycles. The van der Waals surface area contributed by atoms with Gasteiger partial charge in [-0.3, -0.25) is 14.5 Å². The number of aliphatic hydroxyl groups is 1. The van der Waals surface area contributed by atoms with Crippen molar-refractivity contribution in [3.8, 4) is 39.2 Å². The van der Waals surface area contributed by atoms with E-state index in [0.717, 1.165) is 92.2 Å². The largest absolute Gasteiger partial charge is 0.507 e. The molecule has 11 rings (SSSR count). The number of rotatable bonds is 19. The van der Waals surface area contributed by atoms with Gasteiger partial charge in [-0.15, -0.1) is 21.5 Å². The zero-order valence-corrected chi connectivity index (χ0v) is 45.3. The standard InChI is InChI=1S/C57H67F2N11O8S/c1-32(2)51(57(74)69-30-39(71)23-46(69)56(73)63-52(54(58)59)34-8-10-35(11-9-34)53-33(3)62-31-79-53)48-27-50(66-78-48)75-21-20-67-18-15-40(16-19-67)76-41-24-42(25-41)77-49-22-36(14-17-61-49)70-37-12-13-38(70)29-68(28-37)45-26-44(64-65-55(45)60)43-6-4-5-7-47(43)72/h4-11,14,17,22,26-27,31-32,37-42,46,51-52,54,71-72H,12-13,15-16,18-21,23-25,28-30H2,1-3H3,(H2,60,65)(H,63,73)/t37?,38?,39-,41-,42-,46+,51+,52-/m1/s1. The average Bonchev–Trinajstić information content (AvgIpc) is 4.24. The number of phenols is 1. The number of β-amino-alcohol motifs (C(OH)–C–C–N with tert-alkyl or cyclic N) is 1. The summed E-state index contributed by atoms with van der Waals surface area (Å²) in [6.45, 7) is 9.66. The zero-order chi connectivity index (χ0) is 54.9. The molecule has 0 radical (unpaired) electrons. The Morgan fingerprint density at radius 2 is 1.66 bits per heavy atom. The number of hydrogen-bond donors (Lipinski definition) is 4. The van der Waals surface area contributed by atoms with Crippen molar-refractivity contribution in [1.29, 1.82) is 0 Å². The second kappa shape index (κ2) is 23.4. The Labute approximate surface area is 461 Å². The average molecular weight is 1100 g/mol. The molecule has 8 heterocycles. The van der Waals surface area contributed by atoms with Crippen LogP contribution in [-0.2, 0) is 14.3 Å². The van der Waals surface area contributed by atoms with Gasteiger partial charge in [-0.25, -0.2) is 18.7 Å². The van der Waals surface area contributed by atoms with Gasteiger partial charge in [-0.05, 0) is 79.1 Å². The van der Waals surface area contributed by atoms with E-state index in [1.165, 1.54) is 16.2 Å². The van der Waals surface area contributed by atoms with Gasteiger partial charge < -0.3 is 54.7 Å². The van der Waals surface area contributed by atoms with Crippen LogP contribution in [0, 0.1) is 12.8 Å². The number of carbonyl (C=O) groups excluding carboxylic acids is 2. The van der Waals surface area contributed by atoms with Gasteiger partial charge in [0.15, 0.2) is 11.6 Å². The monoisotopic (exact) mass is 1100 g/mol. The molecule has 79 heavy (non-hydrogen) atoms. The summed E-state index contributed by atoms with van der Waals surface area (Å²) < 4.78 is 53.6. The van der Waals surface area contributed by atoms with Crippen LogP contribution in [0.25, 0.3) is 21.7 Å². The number of amides is 2. The highest BCUT2D eigenvalue weighted by Crippen LogP contribution is 2.41. The van der Waals surface area contributed by atoms with Crippen LogP contribution in [0.15, 0.2) is 89.0 Å². The summed E-state index contributed by atoms with van der Waals surface area (Å²) in [4.78, 5) is 46.1. The summed E-state index contributed by atoms with van der Waals surface area (Å²) >= 11 is 1.45. The lowest BCUT2D eigenvalue weighted by molar-refractivity contribution is -0.141. The molecule has 4 aromatic heterocycles. The quantitative estimate of drug-likeness (QED) is 0.0619. The minimum atomic E-state index is -2.93. The summed E-state index contributed by atoms with van der Waals surface area (Å²) in [5.41, 5.74) is 13.1. The number of nitrogens with zero attached hydrogens (tertiary/aromatic N) is 9. The van der Waals surface area contributed by atoms with E-state index >= 15 is 0 Å². The number of anilines is 3. The van der Waals surface area contributed by atoms with Gasteiger partial charge in [0, 0.05) is 100 Å². The Hall–Kier alpha value is -7.01. The van der Waals surface area contributed by atoms with Crippen LogP contribution in [-0.4, -0.2) is 152 Å². The van der Waals surface area contributed by atoms with Crippen LogP contribution in [0.3, 0.4) is 0 Å². The molecule has 2 amide bonds. The van der Waals surface area contributed by atoms with Crippen LogP contribution in [0.1, 0.15) is 87.8 Å². The second-order valence-corrected chi connectivity index (χ2v) is 22.7. The van der Waals surface area contributed by atoms with Gasteiger partial charge in [-0.1, -0.05) is 50.2 Å². The normalized spacial score (nSPS) is 23.3. The molecule has 5 aliphatic rings. The number of aromatic hydroxyl groups is 1.